The number of esters is 1. The van der Waals surface area contributed by atoms with Crippen LogP contribution in [0, 0.1) is 6.92 Å². The molecule has 3 aromatic heterocycles. The van der Waals surface area contributed by atoms with Crippen LogP contribution in [0.3, 0.4) is 0 Å². The molecular weight excluding hydrogens is 491 g/mol. The Kier molecular flexibility index (Phi) is 7.23. The van der Waals surface area contributed by atoms with Crippen LogP contribution in [0.25, 0.3) is 11.3 Å². The molecular formula is C26H24F3N3O5. The molecule has 0 aliphatic heterocycles. The number of hydrogen-bond acceptors (Lipinski definition) is 6. The minimum atomic E-state index is -4.53. The van der Waals surface area contributed by atoms with Crippen molar-refractivity contribution in [1.82, 2.24) is 14.5 Å². The van der Waals surface area contributed by atoms with Crippen LogP contribution in [0.5, 0.6) is 5.75 Å². The van der Waals surface area contributed by atoms with Crippen molar-refractivity contribution in [3.05, 3.63) is 93.6 Å². The van der Waals surface area contributed by atoms with Crippen LogP contribution in [0.15, 0.2) is 64.2 Å². The quantitative estimate of drug-likeness (QED) is 0.326. The van der Waals surface area contributed by atoms with E-state index in [1.54, 1.807) is 13.1 Å². The Morgan fingerprint density at radius 1 is 1.24 bits per heavy atom. The molecule has 0 saturated carbocycles. The molecule has 37 heavy (non-hydrogen) atoms. The van der Waals surface area contributed by atoms with Gasteiger partial charge in [0.2, 0.25) is 0 Å². The van der Waals surface area contributed by atoms with E-state index in [1.165, 1.54) is 48.3 Å². The molecule has 4 rings (SSSR count). The van der Waals surface area contributed by atoms with E-state index in [0.29, 0.717) is 12.1 Å². The number of halogens is 3. The number of pyridine rings is 1. The van der Waals surface area contributed by atoms with Crippen molar-refractivity contribution in [2.24, 2.45) is 0 Å². The average Bonchev–Trinajstić information content (AvgIpc) is 3.55. The van der Waals surface area contributed by atoms with Crippen LogP contribution >= 0.6 is 0 Å². The molecule has 0 saturated heterocycles. The lowest BCUT2D eigenvalue weighted by atomic mass is 9.93. The van der Waals surface area contributed by atoms with Gasteiger partial charge in [0.1, 0.15) is 17.3 Å². The van der Waals surface area contributed by atoms with Gasteiger partial charge in [0.15, 0.2) is 0 Å². The molecule has 0 spiro atoms. The highest BCUT2D eigenvalue weighted by Gasteiger charge is 2.32. The Labute approximate surface area is 209 Å². The van der Waals surface area contributed by atoms with Crippen molar-refractivity contribution in [3.63, 3.8) is 0 Å². The van der Waals surface area contributed by atoms with Crippen LogP contribution in [-0.4, -0.2) is 32.7 Å². The van der Waals surface area contributed by atoms with E-state index < -0.39 is 29.2 Å². The van der Waals surface area contributed by atoms with Gasteiger partial charge in [0.25, 0.3) is 5.56 Å². The molecule has 0 unspecified atom stereocenters. The number of aromatic nitrogens is 3. The predicted molar refractivity (Wildman–Crippen MR) is 127 cm³/mol. The number of rotatable bonds is 8. The maximum Gasteiger partial charge on any atom is 0.416 e. The van der Waals surface area contributed by atoms with Gasteiger partial charge in [-0.25, -0.2) is 4.98 Å². The van der Waals surface area contributed by atoms with Crippen LogP contribution in [-0.2, 0) is 28.7 Å². The minimum Gasteiger partial charge on any atom is -0.507 e. The van der Waals surface area contributed by atoms with Gasteiger partial charge in [-0.1, -0.05) is 12.1 Å². The summed E-state index contributed by atoms with van der Waals surface area (Å²) >= 11 is 0. The van der Waals surface area contributed by atoms with E-state index in [2.05, 4.69) is 9.97 Å². The zero-order chi connectivity index (χ0) is 26.7. The van der Waals surface area contributed by atoms with E-state index in [0.717, 1.165) is 17.8 Å². The third-order valence-corrected chi connectivity index (χ3v) is 6.07. The molecule has 0 fully saturated rings. The fourth-order valence-corrected chi connectivity index (χ4v) is 4.17. The standard InChI is InChI=1S/C26H24F3N3O5/c1-15-10-20(33)24(25(35)32(15)9-8-18-13-30-14-31-18)19(12-23(34)36-2)22-7-6-21(37-22)16-4-3-5-17(11-16)26(27,28)29/h3-7,10-11,13-14,19,33H,8-9,12H2,1-2H3,(H,30,31)/t19-/m1/s1. The number of aromatic hydroxyl groups is 1. The van der Waals surface area contributed by atoms with Gasteiger partial charge in [0.05, 0.1) is 36.9 Å². The maximum absolute atomic E-state index is 13.5. The third-order valence-electron chi connectivity index (χ3n) is 6.07. The summed E-state index contributed by atoms with van der Waals surface area (Å²) in [5, 5.41) is 10.8. The molecule has 11 heteroatoms. The number of nitrogens with zero attached hydrogens (tertiary/aromatic N) is 2. The minimum absolute atomic E-state index is 0.0782. The number of aryl methyl sites for hydroxylation is 2. The summed E-state index contributed by atoms with van der Waals surface area (Å²) in [7, 11) is 1.19. The van der Waals surface area contributed by atoms with Gasteiger partial charge in [-0.2, -0.15) is 13.2 Å². The summed E-state index contributed by atoms with van der Waals surface area (Å²) in [5.74, 6) is -1.80. The number of nitrogens with one attached hydrogen (secondary N) is 1. The topological polar surface area (TPSA) is 110 Å². The number of benzene rings is 1. The van der Waals surface area contributed by atoms with Crippen molar-refractivity contribution in [2.75, 3.05) is 7.11 Å². The summed E-state index contributed by atoms with van der Waals surface area (Å²) in [6, 6.07) is 8.96. The second-order valence-corrected chi connectivity index (χ2v) is 8.48. The Morgan fingerprint density at radius 3 is 2.70 bits per heavy atom. The van der Waals surface area contributed by atoms with Crippen molar-refractivity contribution in [2.45, 2.75) is 38.4 Å². The first-order valence-corrected chi connectivity index (χ1v) is 11.3. The lowest BCUT2D eigenvalue weighted by molar-refractivity contribution is -0.141. The van der Waals surface area contributed by atoms with E-state index in [-0.39, 0.29) is 41.4 Å². The summed E-state index contributed by atoms with van der Waals surface area (Å²) in [6.45, 7) is 1.95. The fraction of sp³-hybridized carbons (Fsp3) is 0.269. The summed E-state index contributed by atoms with van der Waals surface area (Å²) in [6.07, 6.45) is -1.24. The van der Waals surface area contributed by atoms with Crippen molar-refractivity contribution in [3.8, 4) is 17.1 Å². The fourth-order valence-electron chi connectivity index (χ4n) is 4.17. The van der Waals surface area contributed by atoms with E-state index in [1.807, 2.05) is 0 Å². The van der Waals surface area contributed by atoms with Gasteiger partial charge in [0, 0.05) is 36.1 Å². The molecule has 194 valence electrons. The number of carbonyl (C=O) groups excluding carboxylic acids is 1. The molecule has 0 aliphatic rings. The molecule has 3 heterocycles. The van der Waals surface area contributed by atoms with Crippen LogP contribution in [0.1, 0.15) is 40.6 Å². The molecule has 0 radical (unpaired) electrons. The van der Waals surface area contributed by atoms with Gasteiger partial charge in [-0.3, -0.25) is 9.59 Å². The number of imidazole rings is 1. The Morgan fingerprint density at radius 2 is 2.03 bits per heavy atom. The van der Waals surface area contributed by atoms with E-state index >= 15 is 0 Å². The summed E-state index contributed by atoms with van der Waals surface area (Å²) in [5.41, 5.74) is 0.0392. The molecule has 2 N–H and O–H groups in total. The first-order chi connectivity index (χ1) is 17.6. The Balaban J connectivity index is 1.76. The van der Waals surface area contributed by atoms with Gasteiger partial charge < -0.3 is 23.8 Å². The van der Waals surface area contributed by atoms with Crippen molar-refractivity contribution in [1.29, 1.82) is 0 Å². The zero-order valence-electron chi connectivity index (χ0n) is 20.0. The molecule has 8 nitrogen and oxygen atoms in total. The number of alkyl halides is 3. The van der Waals surface area contributed by atoms with Gasteiger partial charge in [-0.15, -0.1) is 0 Å². The summed E-state index contributed by atoms with van der Waals surface area (Å²) < 4.78 is 51.7. The van der Waals surface area contributed by atoms with Gasteiger partial charge >= 0.3 is 12.1 Å². The predicted octanol–water partition coefficient (Wildman–Crippen LogP) is 4.80. The lowest BCUT2D eigenvalue weighted by Crippen LogP contribution is -2.29. The maximum atomic E-state index is 13.5. The first-order valence-electron chi connectivity index (χ1n) is 11.3. The molecule has 0 aliphatic carbocycles. The monoisotopic (exact) mass is 515 g/mol. The Hall–Kier alpha value is -4.28. The lowest BCUT2D eigenvalue weighted by Gasteiger charge is -2.18. The number of ether oxygens (including phenoxy) is 1. The SMILES string of the molecule is COC(=O)C[C@H](c1ccc(-c2cccc(C(F)(F)F)c2)o1)c1c(O)cc(C)n(CCc2cnc[nH]2)c1=O. The van der Waals surface area contributed by atoms with E-state index in [9.17, 15) is 27.9 Å². The first kappa shape index (κ1) is 25.8. The highest BCUT2D eigenvalue weighted by atomic mass is 19.4. The number of H-pyrrole nitrogens is 1. The number of furan rings is 1. The van der Waals surface area contributed by atoms with Crippen LogP contribution < -0.4 is 5.56 Å². The average molecular weight is 515 g/mol. The largest absolute Gasteiger partial charge is 0.507 e. The normalized spacial score (nSPS) is 12.5. The highest BCUT2D eigenvalue weighted by molar-refractivity contribution is 5.71. The van der Waals surface area contributed by atoms with E-state index in [4.69, 9.17) is 9.15 Å². The second kappa shape index (κ2) is 10.4. The molecule has 1 aromatic carbocycles. The number of aromatic amines is 1. The highest BCUT2D eigenvalue weighted by Crippen LogP contribution is 2.37. The third kappa shape index (κ3) is 5.60. The Bertz CT molecular complexity index is 1460. The number of carbonyl (C=O) groups is 1. The zero-order valence-corrected chi connectivity index (χ0v) is 20.0. The van der Waals surface area contributed by atoms with Crippen molar-refractivity contribution >= 4 is 5.97 Å². The molecule has 4 aromatic rings. The number of methoxy groups -OCH3 is 1. The molecule has 0 bridgehead atoms. The molecule has 1 atom stereocenters. The van der Waals surface area contributed by atoms with Crippen molar-refractivity contribution < 1.29 is 32.2 Å². The molecule has 0 amide bonds. The second-order valence-electron chi connectivity index (χ2n) is 8.48. The summed E-state index contributed by atoms with van der Waals surface area (Å²) in [4.78, 5) is 32.7. The van der Waals surface area contributed by atoms with Crippen LogP contribution in [0.2, 0.25) is 0 Å². The smallest absolute Gasteiger partial charge is 0.416 e. The number of hydrogen-bond donors (Lipinski definition) is 2. The van der Waals surface area contributed by atoms with Crippen LogP contribution in [0.4, 0.5) is 13.2 Å². The van der Waals surface area contributed by atoms with Gasteiger partial charge in [-0.05, 0) is 37.3 Å².